The van der Waals surface area contributed by atoms with Gasteiger partial charge < -0.3 is 10.2 Å². The Morgan fingerprint density at radius 2 is 1.85 bits per heavy atom. The molecule has 0 aliphatic carbocycles. The molecule has 1 saturated heterocycles. The molecule has 5 heteroatoms. The van der Waals surface area contributed by atoms with Crippen LogP contribution in [0.25, 0.3) is 11.1 Å². The predicted octanol–water partition coefficient (Wildman–Crippen LogP) is 4.20. The van der Waals surface area contributed by atoms with E-state index in [9.17, 15) is 9.59 Å². The first kappa shape index (κ1) is 22.7. The third-order valence-electron chi connectivity index (χ3n) is 6.63. The zero-order valence-electron chi connectivity index (χ0n) is 19.4. The Hall–Kier alpha value is -3.47. The zero-order valence-corrected chi connectivity index (χ0v) is 19.4. The average Bonchev–Trinajstić information content (AvgIpc) is 2.86. The lowest BCUT2D eigenvalue weighted by molar-refractivity contribution is -0.141. The van der Waals surface area contributed by atoms with Gasteiger partial charge in [-0.25, -0.2) is 0 Å². The Morgan fingerprint density at radius 1 is 1.06 bits per heavy atom. The predicted molar refractivity (Wildman–Crippen MR) is 131 cm³/mol. The maximum atomic E-state index is 13.2. The van der Waals surface area contributed by atoms with Crippen molar-refractivity contribution in [1.82, 2.24) is 15.2 Å². The van der Waals surface area contributed by atoms with E-state index in [2.05, 4.69) is 22.4 Å². The lowest BCUT2D eigenvalue weighted by Crippen LogP contribution is -2.54. The largest absolute Gasteiger partial charge is 0.359 e. The van der Waals surface area contributed by atoms with Crippen LogP contribution in [0.3, 0.4) is 0 Å². The van der Waals surface area contributed by atoms with E-state index in [1.165, 1.54) is 5.56 Å². The van der Waals surface area contributed by atoms with Crippen molar-refractivity contribution in [3.8, 4) is 11.1 Å². The van der Waals surface area contributed by atoms with Crippen molar-refractivity contribution in [1.29, 1.82) is 0 Å². The highest BCUT2D eigenvalue weighted by molar-refractivity contribution is 5.85. The van der Waals surface area contributed by atoms with Crippen molar-refractivity contribution in [2.45, 2.75) is 32.6 Å². The number of hydrogen-bond donors (Lipinski definition) is 1. The Morgan fingerprint density at radius 3 is 2.58 bits per heavy atom. The smallest absolute Gasteiger partial charge is 0.228 e. The van der Waals surface area contributed by atoms with Gasteiger partial charge in [-0.3, -0.25) is 14.6 Å². The van der Waals surface area contributed by atoms with Crippen molar-refractivity contribution in [3.63, 3.8) is 0 Å². The highest BCUT2D eigenvalue weighted by Crippen LogP contribution is 2.37. The fraction of sp³-hybridized carbons (Fsp3) is 0.321. The van der Waals surface area contributed by atoms with Crippen LogP contribution in [0.1, 0.15) is 29.5 Å². The van der Waals surface area contributed by atoms with E-state index < -0.39 is 5.41 Å². The van der Waals surface area contributed by atoms with Crippen molar-refractivity contribution in [3.05, 3.63) is 89.7 Å². The van der Waals surface area contributed by atoms with Crippen LogP contribution >= 0.6 is 0 Å². The van der Waals surface area contributed by atoms with E-state index >= 15 is 0 Å². The standard InChI is InChI=1S/C28H31N3O2/c1-21-10-12-22(13-11-21)17-26(32)31-16-6-14-28(20-31,27(33)29-2)18-23-7-3-4-9-25(23)24-8-5-15-30-19-24/h3-5,7-13,15,19H,6,14,16-18,20H2,1-2H3,(H,29,33)/t28-/m1/s1. The second kappa shape index (κ2) is 9.99. The number of piperidine rings is 1. The molecule has 3 aromatic rings. The number of nitrogens with zero attached hydrogens (tertiary/aromatic N) is 2. The van der Waals surface area contributed by atoms with E-state index in [-0.39, 0.29) is 11.8 Å². The maximum absolute atomic E-state index is 13.2. The number of nitrogens with one attached hydrogen (secondary N) is 1. The third kappa shape index (κ3) is 5.14. The minimum absolute atomic E-state index is 0.00340. The van der Waals surface area contributed by atoms with Gasteiger partial charge in [0.15, 0.2) is 0 Å². The molecule has 0 spiro atoms. The highest BCUT2D eigenvalue weighted by atomic mass is 16.2. The van der Waals surface area contributed by atoms with Crippen molar-refractivity contribution in [2.75, 3.05) is 20.1 Å². The van der Waals surface area contributed by atoms with Crippen molar-refractivity contribution < 1.29 is 9.59 Å². The molecule has 5 nitrogen and oxygen atoms in total. The summed E-state index contributed by atoms with van der Waals surface area (Å²) in [5, 5.41) is 2.88. The van der Waals surface area contributed by atoms with Gasteiger partial charge in [0.25, 0.3) is 0 Å². The van der Waals surface area contributed by atoms with E-state index in [4.69, 9.17) is 0 Å². The van der Waals surface area contributed by atoms with Crippen LogP contribution in [0.15, 0.2) is 73.1 Å². The monoisotopic (exact) mass is 441 g/mol. The van der Waals surface area contributed by atoms with Gasteiger partial charge in [-0.05, 0) is 48.9 Å². The normalized spacial score (nSPS) is 18.1. The first-order valence-corrected chi connectivity index (χ1v) is 11.5. The first-order chi connectivity index (χ1) is 16.0. The summed E-state index contributed by atoms with van der Waals surface area (Å²) < 4.78 is 0. The molecular weight excluding hydrogens is 410 g/mol. The molecule has 0 saturated carbocycles. The van der Waals surface area contributed by atoms with Crippen LogP contribution in [0.2, 0.25) is 0 Å². The Bertz CT molecular complexity index is 1110. The Balaban J connectivity index is 1.60. The number of carbonyl (C=O) groups excluding carboxylic acids is 2. The summed E-state index contributed by atoms with van der Waals surface area (Å²) in [4.78, 5) is 32.6. The lowest BCUT2D eigenvalue weighted by atomic mass is 9.73. The molecule has 1 aliphatic heterocycles. The molecule has 1 aromatic heterocycles. The Kier molecular flexibility index (Phi) is 6.87. The fourth-order valence-corrected chi connectivity index (χ4v) is 4.85. The quantitative estimate of drug-likeness (QED) is 0.624. The van der Waals surface area contributed by atoms with Gasteiger partial charge in [-0.2, -0.15) is 0 Å². The minimum atomic E-state index is -0.658. The second-order valence-corrected chi connectivity index (χ2v) is 9.02. The lowest BCUT2D eigenvalue weighted by Gasteiger charge is -2.42. The molecule has 1 N–H and O–H groups in total. The molecule has 0 unspecified atom stereocenters. The topological polar surface area (TPSA) is 62.3 Å². The summed E-state index contributed by atoms with van der Waals surface area (Å²) in [5.41, 5.74) is 4.73. The number of rotatable bonds is 6. The number of aromatic nitrogens is 1. The van der Waals surface area contributed by atoms with Gasteiger partial charge in [0, 0.05) is 38.1 Å². The summed E-state index contributed by atoms with van der Waals surface area (Å²) in [5.74, 6) is 0.0729. The summed E-state index contributed by atoms with van der Waals surface area (Å²) in [6.07, 6.45) is 6.10. The fourth-order valence-electron chi connectivity index (χ4n) is 4.85. The summed E-state index contributed by atoms with van der Waals surface area (Å²) in [6.45, 7) is 3.16. The molecule has 0 radical (unpaired) electrons. The molecule has 33 heavy (non-hydrogen) atoms. The summed E-state index contributed by atoms with van der Waals surface area (Å²) >= 11 is 0. The van der Waals surface area contributed by atoms with Gasteiger partial charge in [0.05, 0.1) is 11.8 Å². The van der Waals surface area contributed by atoms with Gasteiger partial charge in [0.2, 0.25) is 11.8 Å². The molecule has 170 valence electrons. The molecule has 0 bridgehead atoms. The number of benzene rings is 2. The molecule has 4 rings (SSSR count). The third-order valence-corrected chi connectivity index (χ3v) is 6.63. The van der Waals surface area contributed by atoms with Gasteiger partial charge >= 0.3 is 0 Å². The van der Waals surface area contributed by atoms with E-state index in [0.717, 1.165) is 35.1 Å². The van der Waals surface area contributed by atoms with Crippen LogP contribution in [0, 0.1) is 12.3 Å². The molecule has 1 fully saturated rings. The van der Waals surface area contributed by atoms with Crippen LogP contribution in [0.4, 0.5) is 0 Å². The van der Waals surface area contributed by atoms with Crippen LogP contribution < -0.4 is 5.32 Å². The average molecular weight is 442 g/mol. The van der Waals surface area contributed by atoms with Gasteiger partial charge in [-0.15, -0.1) is 0 Å². The maximum Gasteiger partial charge on any atom is 0.228 e. The number of likely N-dealkylation sites (tertiary alicyclic amines) is 1. The minimum Gasteiger partial charge on any atom is -0.359 e. The first-order valence-electron chi connectivity index (χ1n) is 11.5. The molecule has 1 atom stereocenters. The number of pyridine rings is 1. The van der Waals surface area contributed by atoms with Gasteiger partial charge in [0.1, 0.15) is 0 Å². The van der Waals surface area contributed by atoms with Crippen LogP contribution in [-0.2, 0) is 22.4 Å². The van der Waals surface area contributed by atoms with E-state index in [1.807, 2.05) is 66.6 Å². The highest BCUT2D eigenvalue weighted by Gasteiger charge is 2.43. The molecule has 2 heterocycles. The van der Waals surface area contributed by atoms with Crippen LogP contribution in [-0.4, -0.2) is 41.8 Å². The molecule has 2 amide bonds. The van der Waals surface area contributed by atoms with Gasteiger partial charge in [-0.1, -0.05) is 60.2 Å². The number of amides is 2. The number of carbonyl (C=O) groups is 2. The van der Waals surface area contributed by atoms with Crippen molar-refractivity contribution in [2.24, 2.45) is 5.41 Å². The molecular formula is C28H31N3O2. The number of aryl methyl sites for hydroxylation is 1. The summed E-state index contributed by atoms with van der Waals surface area (Å²) in [6, 6.07) is 20.2. The number of hydrogen-bond acceptors (Lipinski definition) is 3. The van der Waals surface area contributed by atoms with E-state index in [0.29, 0.717) is 25.9 Å². The van der Waals surface area contributed by atoms with Crippen LogP contribution in [0.5, 0.6) is 0 Å². The Labute approximate surface area is 195 Å². The van der Waals surface area contributed by atoms with E-state index in [1.54, 1.807) is 13.2 Å². The second-order valence-electron chi connectivity index (χ2n) is 9.02. The summed E-state index contributed by atoms with van der Waals surface area (Å²) in [7, 11) is 1.68. The van der Waals surface area contributed by atoms with Crippen molar-refractivity contribution >= 4 is 11.8 Å². The SMILES string of the molecule is CNC(=O)[C@@]1(Cc2ccccc2-c2cccnc2)CCCN(C(=O)Cc2ccc(C)cc2)C1. The molecule has 2 aromatic carbocycles. The molecule has 1 aliphatic rings. The zero-order chi connectivity index (χ0) is 23.3.